The molecule has 0 saturated heterocycles. The number of benzene rings is 5. The highest BCUT2D eigenvalue weighted by Gasteiger charge is 2.13. The zero-order valence-corrected chi connectivity index (χ0v) is 55.8. The minimum absolute atomic E-state index is 0.335. The summed E-state index contributed by atoms with van der Waals surface area (Å²) in [4.78, 5) is 44.5. The van der Waals surface area contributed by atoms with Crippen LogP contribution >= 0.6 is 0 Å². The fraction of sp³-hybridized carbons (Fsp3) is 0.500. The average molecular weight is 1250 g/mol. The Labute approximate surface area is 551 Å². The Morgan fingerprint density at radius 2 is 0.500 bits per heavy atom. The molecule has 0 radical (unpaired) electrons. The second-order valence-electron chi connectivity index (χ2n) is 24.7. The van der Waals surface area contributed by atoms with Crippen LogP contribution in [-0.2, 0) is 12.8 Å². The molecule has 0 unspecified atom stereocenters. The van der Waals surface area contributed by atoms with Crippen LogP contribution in [0.5, 0.6) is 34.5 Å². The lowest BCUT2D eigenvalue weighted by Crippen LogP contribution is -2.09. The predicted molar refractivity (Wildman–Crippen MR) is 373 cm³/mol. The summed E-state index contributed by atoms with van der Waals surface area (Å²) < 4.78 is 35.1. The number of carbonyl (C=O) groups excluding carboxylic acids is 2. The van der Waals surface area contributed by atoms with Crippen LogP contribution in [0, 0.1) is 0 Å². The van der Waals surface area contributed by atoms with E-state index in [1.54, 1.807) is 72.8 Å². The molecule has 2 aromatic heterocycles. The van der Waals surface area contributed by atoms with Crippen molar-refractivity contribution in [1.29, 1.82) is 0 Å². The molecule has 0 aliphatic heterocycles. The first-order chi connectivity index (χ1) is 45.4. The van der Waals surface area contributed by atoms with Crippen LogP contribution in [0.15, 0.2) is 146 Å². The van der Waals surface area contributed by atoms with Crippen molar-refractivity contribution in [2.45, 2.75) is 232 Å². The van der Waals surface area contributed by atoms with Crippen LogP contribution < -0.4 is 28.4 Å². The Morgan fingerprint density at radius 3 is 0.772 bits per heavy atom. The molecule has 12 nitrogen and oxygen atoms in total. The number of unbranched alkanes of at least 4 members (excludes halogenated alkanes) is 28. The van der Waals surface area contributed by atoms with Gasteiger partial charge in [-0.2, -0.15) is 0 Å². The van der Waals surface area contributed by atoms with Crippen LogP contribution in [0.4, 0.5) is 0 Å². The number of nitrogens with zero attached hydrogens (tertiary/aromatic N) is 4. The van der Waals surface area contributed by atoms with Gasteiger partial charge in [0.1, 0.15) is 34.5 Å². The summed E-state index contributed by atoms with van der Waals surface area (Å²) in [7, 11) is 0. The van der Waals surface area contributed by atoms with Crippen LogP contribution in [0.2, 0.25) is 0 Å². The molecule has 12 heteroatoms. The summed E-state index contributed by atoms with van der Waals surface area (Å²) in [5.41, 5.74) is 5.24. The first-order valence-corrected chi connectivity index (χ1v) is 35.5. The van der Waals surface area contributed by atoms with Gasteiger partial charge >= 0.3 is 11.9 Å². The lowest BCUT2D eigenvalue weighted by molar-refractivity contribution is 0.0719. The number of aryl methyl sites for hydroxylation is 2. The Morgan fingerprint density at radius 1 is 0.272 bits per heavy atom. The van der Waals surface area contributed by atoms with E-state index in [0.29, 0.717) is 60.6 Å². The molecule has 0 saturated carbocycles. The van der Waals surface area contributed by atoms with E-state index >= 15 is 0 Å². The number of esters is 2. The molecule has 0 N–H and O–H groups in total. The smallest absolute Gasteiger partial charge is 0.343 e. The highest BCUT2D eigenvalue weighted by Crippen LogP contribution is 2.26. The van der Waals surface area contributed by atoms with Gasteiger partial charge in [-0.3, -0.25) is 0 Å². The van der Waals surface area contributed by atoms with Gasteiger partial charge in [0.05, 0.1) is 37.6 Å². The molecule has 7 rings (SSSR count). The molecule has 0 aliphatic rings. The second kappa shape index (κ2) is 44.8. The van der Waals surface area contributed by atoms with Gasteiger partial charge in [0.25, 0.3) is 0 Å². The second-order valence-corrected chi connectivity index (χ2v) is 24.7. The lowest BCUT2D eigenvalue weighted by Gasteiger charge is -2.09. The largest absolute Gasteiger partial charge is 0.494 e. The monoisotopic (exact) mass is 1250 g/mol. The zero-order chi connectivity index (χ0) is 64.1. The van der Waals surface area contributed by atoms with Crippen molar-refractivity contribution in [3.05, 3.63) is 168 Å². The van der Waals surface area contributed by atoms with Crippen molar-refractivity contribution in [2.75, 3.05) is 26.4 Å². The fourth-order valence-corrected chi connectivity index (χ4v) is 11.2. The Balaban J connectivity index is 0.643. The minimum Gasteiger partial charge on any atom is -0.494 e. The molecule has 0 atom stereocenters. The van der Waals surface area contributed by atoms with E-state index < -0.39 is 11.9 Å². The van der Waals surface area contributed by atoms with Gasteiger partial charge in [-0.05, 0) is 184 Å². The molecule has 0 bridgehead atoms. The van der Waals surface area contributed by atoms with E-state index in [2.05, 4.69) is 33.8 Å². The van der Waals surface area contributed by atoms with Gasteiger partial charge in [-0.1, -0.05) is 181 Å². The average Bonchev–Trinajstić information content (AvgIpc) is 2.68. The van der Waals surface area contributed by atoms with Gasteiger partial charge in [0.2, 0.25) is 0 Å². The normalized spacial score (nSPS) is 11.2. The van der Waals surface area contributed by atoms with Crippen LogP contribution in [0.25, 0.3) is 22.8 Å². The number of rotatable bonds is 50. The maximum absolute atomic E-state index is 12.9. The van der Waals surface area contributed by atoms with E-state index in [1.807, 2.05) is 73.3 Å². The van der Waals surface area contributed by atoms with Crippen molar-refractivity contribution in [1.82, 2.24) is 19.9 Å². The zero-order valence-electron chi connectivity index (χ0n) is 55.8. The third-order valence-corrected chi connectivity index (χ3v) is 16.9. The van der Waals surface area contributed by atoms with Crippen LogP contribution in [-0.4, -0.2) is 58.3 Å². The Hall–Kier alpha value is -7.60. The number of ether oxygens (including phenoxy) is 6. The summed E-state index contributed by atoms with van der Waals surface area (Å²) in [6, 6.07) is 36.5. The first-order valence-electron chi connectivity index (χ1n) is 35.5. The van der Waals surface area contributed by atoms with Gasteiger partial charge in [0, 0.05) is 35.9 Å². The summed E-state index contributed by atoms with van der Waals surface area (Å²) >= 11 is 0. The summed E-state index contributed by atoms with van der Waals surface area (Å²) in [6.07, 6.45) is 49.8. The number of aromatic nitrogens is 4. The van der Waals surface area contributed by atoms with Gasteiger partial charge in [-0.15, -0.1) is 0 Å². The SMILES string of the molecule is CCCCCCCCCCCCc1cnc(-c2ccc(OCCCCCCCCOc3ccc(C(=O)Oc4ccc(OC(=O)c5ccc(OCCCCCCCCOc6ccc(-c7ncc(CCCCCCCCCCCC)cn7)cc6)cc5)cc4)cc3)cc2)nc1. The summed E-state index contributed by atoms with van der Waals surface area (Å²) in [6.45, 7) is 7.16. The van der Waals surface area contributed by atoms with E-state index in [-0.39, 0.29) is 0 Å². The van der Waals surface area contributed by atoms with E-state index in [4.69, 9.17) is 28.4 Å². The van der Waals surface area contributed by atoms with E-state index in [0.717, 1.165) is 124 Å². The first kappa shape index (κ1) is 71.8. The van der Waals surface area contributed by atoms with Crippen molar-refractivity contribution >= 4 is 11.9 Å². The topological polar surface area (TPSA) is 141 Å². The third kappa shape index (κ3) is 29.3. The predicted octanol–water partition coefficient (Wildman–Crippen LogP) is 21.6. The molecule has 0 spiro atoms. The molecular weight excluding hydrogens is 1140 g/mol. The van der Waals surface area contributed by atoms with E-state index in [1.165, 1.54) is 140 Å². The van der Waals surface area contributed by atoms with Crippen LogP contribution in [0.1, 0.15) is 251 Å². The van der Waals surface area contributed by atoms with Gasteiger partial charge in [-0.25, -0.2) is 29.5 Å². The maximum Gasteiger partial charge on any atom is 0.343 e. The Kier molecular flexibility index (Phi) is 35.0. The Bertz CT molecular complexity index is 2820. The molecule has 92 heavy (non-hydrogen) atoms. The standard InChI is InChI=1S/C80H106N4O8/c1-3-5-7-9-11-13-15-17-23-29-35-65-61-81-77(82-62-65)67-37-45-71(46-38-67)87-57-31-25-19-21-27-33-59-89-73-49-41-69(42-50-73)79(85)91-75-53-55-76(56-54-75)92-80(86)70-43-51-74(52-44-70)90-60-34-28-22-20-26-32-58-88-72-47-39-68(40-48-72)78-83-63-66(64-84-78)36-30-24-18-16-14-12-10-8-6-4-2/h37-56,61-64H,3-36,57-60H2,1-2H3. The highest BCUT2D eigenvalue weighted by atomic mass is 16.5. The fourth-order valence-electron chi connectivity index (χ4n) is 11.2. The molecule has 0 amide bonds. The van der Waals surface area contributed by atoms with E-state index in [9.17, 15) is 9.59 Å². The highest BCUT2D eigenvalue weighted by molar-refractivity contribution is 5.92. The summed E-state index contributed by atoms with van der Waals surface area (Å²) in [5, 5.41) is 0. The van der Waals surface area contributed by atoms with Gasteiger partial charge in [0.15, 0.2) is 11.6 Å². The number of hydrogen-bond acceptors (Lipinski definition) is 12. The number of carbonyl (C=O) groups is 2. The van der Waals surface area contributed by atoms with Crippen LogP contribution in [0.3, 0.4) is 0 Å². The van der Waals surface area contributed by atoms with Crippen molar-refractivity contribution in [2.24, 2.45) is 0 Å². The quantitative estimate of drug-likeness (QED) is 0.0204. The van der Waals surface area contributed by atoms with Crippen molar-refractivity contribution in [3.63, 3.8) is 0 Å². The van der Waals surface area contributed by atoms with Crippen molar-refractivity contribution < 1.29 is 38.0 Å². The molecule has 494 valence electrons. The molecule has 0 fully saturated rings. The van der Waals surface area contributed by atoms with Gasteiger partial charge < -0.3 is 28.4 Å². The molecular formula is C80H106N4O8. The summed E-state index contributed by atoms with van der Waals surface area (Å²) in [5.74, 6) is 4.34. The maximum atomic E-state index is 12.9. The molecule has 7 aromatic rings. The number of hydrogen-bond donors (Lipinski definition) is 0. The third-order valence-electron chi connectivity index (χ3n) is 16.9. The lowest BCUT2D eigenvalue weighted by atomic mass is 10.0. The minimum atomic E-state index is -0.494. The molecule has 0 aliphatic carbocycles. The molecule has 2 heterocycles. The molecule has 5 aromatic carbocycles. The van der Waals surface area contributed by atoms with Crippen molar-refractivity contribution in [3.8, 4) is 57.3 Å².